The fraction of sp³-hybridized carbons (Fsp3) is 0.938. The van der Waals surface area contributed by atoms with Gasteiger partial charge in [-0.1, -0.05) is 26.7 Å². The first-order valence-electron chi connectivity index (χ1n) is 8.26. The monoisotopic (exact) mass is 298 g/mol. The number of ether oxygens (including phenoxy) is 2. The van der Waals surface area contributed by atoms with Crippen LogP contribution in [-0.4, -0.2) is 56.0 Å². The van der Waals surface area contributed by atoms with Crippen LogP contribution in [0.5, 0.6) is 0 Å². The van der Waals surface area contributed by atoms with E-state index >= 15 is 0 Å². The highest BCUT2D eigenvalue weighted by molar-refractivity contribution is 5.89. The van der Waals surface area contributed by atoms with Crippen LogP contribution in [0.2, 0.25) is 0 Å². The van der Waals surface area contributed by atoms with Crippen LogP contribution in [0, 0.1) is 5.92 Å². The van der Waals surface area contributed by atoms with E-state index in [9.17, 15) is 4.79 Å². The maximum absolute atomic E-state index is 12.8. The van der Waals surface area contributed by atoms with Crippen molar-refractivity contribution in [3.63, 3.8) is 0 Å². The van der Waals surface area contributed by atoms with Gasteiger partial charge in [0, 0.05) is 20.3 Å². The molecule has 1 unspecified atom stereocenters. The van der Waals surface area contributed by atoms with Crippen molar-refractivity contribution in [3.05, 3.63) is 0 Å². The van der Waals surface area contributed by atoms with E-state index in [0.29, 0.717) is 31.6 Å². The molecule has 1 atom stereocenters. The van der Waals surface area contributed by atoms with Gasteiger partial charge in [0.25, 0.3) is 0 Å². The summed E-state index contributed by atoms with van der Waals surface area (Å²) in [4.78, 5) is 14.9. The standard InChI is InChI=1S/C16H30N2O3/c1-13(2)14-17-16(7-4-5-8-16)15(19)18(14)9-6-10-21-12-11-20-3/h13-14,17H,4-12H2,1-3H3. The van der Waals surface area contributed by atoms with E-state index in [1.165, 1.54) is 0 Å². The van der Waals surface area contributed by atoms with Crippen molar-refractivity contribution in [1.82, 2.24) is 10.2 Å². The van der Waals surface area contributed by atoms with E-state index in [-0.39, 0.29) is 11.7 Å². The van der Waals surface area contributed by atoms with Crippen molar-refractivity contribution >= 4 is 5.91 Å². The molecule has 0 aromatic carbocycles. The van der Waals surface area contributed by atoms with Crippen LogP contribution in [0.4, 0.5) is 0 Å². The minimum atomic E-state index is -0.258. The largest absolute Gasteiger partial charge is 0.382 e. The molecule has 122 valence electrons. The Kier molecular flexibility index (Phi) is 6.02. The molecule has 0 bridgehead atoms. The van der Waals surface area contributed by atoms with Crippen LogP contribution in [-0.2, 0) is 14.3 Å². The molecule has 1 aliphatic heterocycles. The summed E-state index contributed by atoms with van der Waals surface area (Å²) < 4.78 is 10.4. The lowest BCUT2D eigenvalue weighted by atomic mass is 9.98. The lowest BCUT2D eigenvalue weighted by Crippen LogP contribution is -2.45. The summed E-state index contributed by atoms with van der Waals surface area (Å²) in [7, 11) is 1.67. The minimum Gasteiger partial charge on any atom is -0.382 e. The Balaban J connectivity index is 1.85. The van der Waals surface area contributed by atoms with E-state index < -0.39 is 0 Å². The van der Waals surface area contributed by atoms with Crippen molar-refractivity contribution in [2.75, 3.05) is 33.5 Å². The number of methoxy groups -OCH3 is 1. The summed E-state index contributed by atoms with van der Waals surface area (Å²) in [6.45, 7) is 7.08. The average Bonchev–Trinajstić information content (AvgIpc) is 3.03. The van der Waals surface area contributed by atoms with Gasteiger partial charge < -0.3 is 14.4 Å². The quantitative estimate of drug-likeness (QED) is 0.694. The molecule has 1 spiro atoms. The summed E-state index contributed by atoms with van der Waals surface area (Å²) >= 11 is 0. The highest BCUT2D eigenvalue weighted by Gasteiger charge is 2.52. The molecule has 21 heavy (non-hydrogen) atoms. The van der Waals surface area contributed by atoms with Crippen molar-refractivity contribution in [2.24, 2.45) is 5.92 Å². The van der Waals surface area contributed by atoms with Gasteiger partial charge in [-0.15, -0.1) is 0 Å². The molecule has 5 nitrogen and oxygen atoms in total. The Labute approximate surface area is 128 Å². The number of hydrogen-bond donors (Lipinski definition) is 1. The predicted octanol–water partition coefficient (Wildman–Crippen LogP) is 1.77. The van der Waals surface area contributed by atoms with Crippen molar-refractivity contribution in [2.45, 2.75) is 57.7 Å². The summed E-state index contributed by atoms with van der Waals surface area (Å²) in [5.41, 5.74) is -0.258. The van der Waals surface area contributed by atoms with Crippen LogP contribution >= 0.6 is 0 Å². The normalized spacial score (nSPS) is 24.7. The lowest BCUT2D eigenvalue weighted by molar-refractivity contribution is -0.133. The highest BCUT2D eigenvalue weighted by atomic mass is 16.5. The molecule has 1 saturated heterocycles. The Hall–Kier alpha value is -0.650. The van der Waals surface area contributed by atoms with Gasteiger partial charge in [-0.25, -0.2) is 0 Å². The molecule has 0 aromatic rings. The number of carbonyl (C=O) groups is 1. The van der Waals surface area contributed by atoms with Crippen LogP contribution in [0.15, 0.2) is 0 Å². The van der Waals surface area contributed by atoms with Crippen LogP contribution in [0.25, 0.3) is 0 Å². The van der Waals surface area contributed by atoms with Crippen molar-refractivity contribution < 1.29 is 14.3 Å². The topological polar surface area (TPSA) is 50.8 Å². The van der Waals surface area contributed by atoms with Gasteiger partial charge >= 0.3 is 0 Å². The molecule has 1 amide bonds. The first-order chi connectivity index (χ1) is 10.1. The summed E-state index contributed by atoms with van der Waals surface area (Å²) in [5.74, 6) is 0.749. The van der Waals surface area contributed by atoms with Gasteiger partial charge in [0.1, 0.15) is 0 Å². The Bertz CT molecular complexity index is 340. The Morgan fingerprint density at radius 1 is 1.29 bits per heavy atom. The van der Waals surface area contributed by atoms with Gasteiger partial charge in [0.05, 0.1) is 24.9 Å². The summed E-state index contributed by atoms with van der Waals surface area (Å²) in [6, 6.07) is 0. The smallest absolute Gasteiger partial charge is 0.244 e. The summed E-state index contributed by atoms with van der Waals surface area (Å²) in [5, 5.41) is 3.64. The lowest BCUT2D eigenvalue weighted by Gasteiger charge is -2.27. The number of rotatable bonds is 8. The van der Waals surface area contributed by atoms with Gasteiger partial charge in [0.15, 0.2) is 0 Å². The van der Waals surface area contributed by atoms with Gasteiger partial charge in [-0.3, -0.25) is 10.1 Å². The zero-order chi connectivity index (χ0) is 15.3. The fourth-order valence-electron chi connectivity index (χ4n) is 3.51. The predicted molar refractivity (Wildman–Crippen MR) is 82.0 cm³/mol. The molecular weight excluding hydrogens is 268 g/mol. The van der Waals surface area contributed by atoms with E-state index in [1.54, 1.807) is 7.11 Å². The van der Waals surface area contributed by atoms with Crippen LogP contribution in [0.1, 0.15) is 46.0 Å². The molecule has 1 aliphatic carbocycles. The van der Waals surface area contributed by atoms with Crippen molar-refractivity contribution in [3.8, 4) is 0 Å². The SMILES string of the molecule is COCCOCCCN1C(=O)C2(CCCC2)NC1C(C)C. The number of hydrogen-bond acceptors (Lipinski definition) is 4. The molecule has 1 heterocycles. The number of nitrogens with zero attached hydrogens (tertiary/aromatic N) is 1. The third-order valence-corrected chi connectivity index (χ3v) is 4.64. The molecule has 0 radical (unpaired) electrons. The number of carbonyl (C=O) groups excluding carboxylic acids is 1. The van der Waals surface area contributed by atoms with E-state index in [4.69, 9.17) is 9.47 Å². The maximum atomic E-state index is 12.8. The van der Waals surface area contributed by atoms with Gasteiger partial charge in [0.2, 0.25) is 5.91 Å². The molecule has 2 rings (SSSR count). The molecule has 1 saturated carbocycles. The third kappa shape index (κ3) is 3.76. The molecule has 1 N–H and O–H groups in total. The maximum Gasteiger partial charge on any atom is 0.244 e. The average molecular weight is 298 g/mol. The Morgan fingerprint density at radius 3 is 2.62 bits per heavy atom. The molecule has 2 aliphatic rings. The van der Waals surface area contributed by atoms with Crippen LogP contribution in [0.3, 0.4) is 0 Å². The van der Waals surface area contributed by atoms with Gasteiger partial charge in [-0.2, -0.15) is 0 Å². The highest BCUT2D eigenvalue weighted by Crippen LogP contribution is 2.37. The van der Waals surface area contributed by atoms with Crippen LogP contribution < -0.4 is 5.32 Å². The Morgan fingerprint density at radius 2 is 2.00 bits per heavy atom. The molecular formula is C16H30N2O3. The molecule has 2 fully saturated rings. The zero-order valence-electron chi connectivity index (χ0n) is 13.7. The van der Waals surface area contributed by atoms with E-state index in [1.807, 2.05) is 0 Å². The van der Waals surface area contributed by atoms with Crippen molar-refractivity contribution in [1.29, 1.82) is 0 Å². The second-order valence-electron chi connectivity index (χ2n) is 6.58. The van der Waals surface area contributed by atoms with Gasteiger partial charge in [-0.05, 0) is 25.2 Å². The second kappa shape index (κ2) is 7.56. The second-order valence-corrected chi connectivity index (χ2v) is 6.58. The van der Waals surface area contributed by atoms with E-state index in [0.717, 1.165) is 38.6 Å². The number of amides is 1. The molecule has 5 heteroatoms. The fourth-order valence-corrected chi connectivity index (χ4v) is 3.51. The minimum absolute atomic E-state index is 0.176. The third-order valence-electron chi connectivity index (χ3n) is 4.64. The van der Waals surface area contributed by atoms with E-state index in [2.05, 4.69) is 24.1 Å². The number of nitrogens with one attached hydrogen (secondary N) is 1. The first kappa shape index (κ1) is 16.7. The molecule has 0 aromatic heterocycles. The summed E-state index contributed by atoms with van der Waals surface area (Å²) in [6.07, 6.45) is 5.38. The first-order valence-corrected chi connectivity index (χ1v) is 8.26. The zero-order valence-corrected chi connectivity index (χ0v) is 13.7.